The highest BCUT2D eigenvalue weighted by atomic mass is 35.5. The number of hydrogen-bond acceptors (Lipinski definition) is 4. The van der Waals surface area contributed by atoms with E-state index in [-0.39, 0.29) is 5.56 Å². The summed E-state index contributed by atoms with van der Waals surface area (Å²) >= 11 is 13.1. The van der Waals surface area contributed by atoms with Crippen molar-refractivity contribution in [2.45, 2.75) is 0 Å². The van der Waals surface area contributed by atoms with Gasteiger partial charge in [0.2, 0.25) is 5.89 Å². The maximum atomic E-state index is 10.9. The molecule has 0 atom stereocenters. The zero-order valence-corrected chi connectivity index (χ0v) is 11.5. The summed E-state index contributed by atoms with van der Waals surface area (Å²) < 4.78 is 6.55. The largest absolute Gasteiger partial charge is 0.478 e. The molecule has 0 aliphatic rings. The van der Waals surface area contributed by atoms with Crippen LogP contribution in [0.15, 0.2) is 28.7 Å². The maximum absolute atomic E-state index is 10.9. The molecule has 7 heteroatoms. The van der Waals surface area contributed by atoms with Crippen LogP contribution in [-0.2, 0) is 0 Å². The zero-order chi connectivity index (χ0) is 13.6. The van der Waals surface area contributed by atoms with Gasteiger partial charge in [0.05, 0.1) is 15.5 Å². The van der Waals surface area contributed by atoms with Gasteiger partial charge in [-0.25, -0.2) is 9.78 Å². The van der Waals surface area contributed by atoms with Crippen molar-refractivity contribution in [1.29, 1.82) is 0 Å². The number of carboxylic acids is 1. The molecule has 19 heavy (non-hydrogen) atoms. The average molecular weight is 314 g/mol. The fourth-order valence-corrected chi connectivity index (χ4v) is 3.11. The van der Waals surface area contributed by atoms with E-state index in [1.807, 2.05) is 0 Å². The number of halogens is 2. The summed E-state index contributed by atoms with van der Waals surface area (Å²) in [4.78, 5) is 15.1. The number of carboxylic acid groups (broad SMARTS) is 1. The van der Waals surface area contributed by atoms with Gasteiger partial charge in [0.1, 0.15) is 9.85 Å². The lowest BCUT2D eigenvalue weighted by atomic mass is 10.2. The lowest BCUT2D eigenvalue weighted by molar-refractivity contribution is 0.0697. The highest BCUT2D eigenvalue weighted by Gasteiger charge is 2.15. The number of aromatic carboxylic acids is 1. The van der Waals surface area contributed by atoms with Crippen molar-refractivity contribution in [2.24, 2.45) is 0 Å². The number of aromatic nitrogens is 1. The van der Waals surface area contributed by atoms with Gasteiger partial charge < -0.3 is 9.52 Å². The normalized spacial score (nSPS) is 11.1. The molecule has 0 spiro atoms. The molecule has 2 heterocycles. The first-order valence-electron chi connectivity index (χ1n) is 5.13. The van der Waals surface area contributed by atoms with Crippen molar-refractivity contribution in [3.8, 4) is 11.5 Å². The maximum Gasteiger partial charge on any atom is 0.335 e. The molecule has 2 aromatic heterocycles. The van der Waals surface area contributed by atoms with E-state index in [0.29, 0.717) is 31.2 Å². The highest BCUT2D eigenvalue weighted by molar-refractivity contribution is 7.20. The van der Waals surface area contributed by atoms with E-state index in [1.54, 1.807) is 12.1 Å². The summed E-state index contributed by atoms with van der Waals surface area (Å²) in [6, 6.07) is 6.15. The third kappa shape index (κ3) is 2.20. The smallest absolute Gasteiger partial charge is 0.335 e. The molecule has 0 amide bonds. The molecule has 4 nitrogen and oxygen atoms in total. The number of fused-ring (bicyclic) bond motifs is 1. The Morgan fingerprint density at radius 1 is 1.32 bits per heavy atom. The molecule has 96 valence electrons. The molecule has 0 fully saturated rings. The van der Waals surface area contributed by atoms with Crippen LogP contribution in [-0.4, -0.2) is 16.1 Å². The molecule has 1 N–H and O–H groups in total. The molecule has 1 aromatic carbocycles. The first kappa shape index (κ1) is 12.5. The number of rotatable bonds is 2. The number of hydrogen-bond donors (Lipinski definition) is 1. The number of nitrogens with zero attached hydrogens (tertiary/aromatic N) is 1. The van der Waals surface area contributed by atoms with Crippen LogP contribution in [0, 0.1) is 0 Å². The van der Waals surface area contributed by atoms with E-state index >= 15 is 0 Å². The van der Waals surface area contributed by atoms with E-state index in [2.05, 4.69) is 4.98 Å². The fourth-order valence-electron chi connectivity index (χ4n) is 1.66. The van der Waals surface area contributed by atoms with Crippen LogP contribution < -0.4 is 0 Å². The molecule has 3 rings (SSSR count). The molecular weight excluding hydrogens is 309 g/mol. The Bertz CT molecular complexity index is 793. The van der Waals surface area contributed by atoms with Gasteiger partial charge in [-0.05, 0) is 24.3 Å². The van der Waals surface area contributed by atoms with Gasteiger partial charge in [-0.1, -0.05) is 23.2 Å². The number of thiophene rings is 1. The van der Waals surface area contributed by atoms with Crippen molar-refractivity contribution in [2.75, 3.05) is 0 Å². The van der Waals surface area contributed by atoms with Gasteiger partial charge in [0, 0.05) is 0 Å². The van der Waals surface area contributed by atoms with Crippen molar-refractivity contribution in [3.63, 3.8) is 0 Å². The molecule has 0 aliphatic heterocycles. The number of oxazole rings is 1. The Morgan fingerprint density at radius 2 is 2.11 bits per heavy atom. The van der Waals surface area contributed by atoms with Crippen molar-refractivity contribution >= 4 is 51.6 Å². The van der Waals surface area contributed by atoms with Crippen LogP contribution in [0.1, 0.15) is 10.4 Å². The standard InChI is InChI=1S/C12H5Cl2NO3S/c13-9-4-6(10(14)19-9)11-15-7-2-1-5(12(16)17)3-8(7)18-11/h1-4H,(H,16,17). The Labute approximate surface area is 121 Å². The third-order valence-corrected chi connectivity index (χ3v) is 4.01. The second-order valence-corrected chi connectivity index (χ2v) is 6.03. The molecule has 0 aliphatic carbocycles. The van der Waals surface area contributed by atoms with Crippen LogP contribution in [0.4, 0.5) is 0 Å². The Balaban J connectivity index is 2.16. The monoisotopic (exact) mass is 313 g/mol. The Morgan fingerprint density at radius 3 is 2.74 bits per heavy atom. The van der Waals surface area contributed by atoms with Gasteiger partial charge in [-0.2, -0.15) is 0 Å². The predicted molar refractivity (Wildman–Crippen MR) is 74.3 cm³/mol. The Kier molecular flexibility index (Phi) is 2.97. The van der Waals surface area contributed by atoms with Gasteiger partial charge in [-0.15, -0.1) is 11.3 Å². The van der Waals surface area contributed by atoms with E-state index in [1.165, 1.54) is 23.5 Å². The second-order valence-electron chi connectivity index (χ2n) is 3.74. The lowest BCUT2D eigenvalue weighted by Gasteiger charge is -1.91. The average Bonchev–Trinajstić information content (AvgIpc) is 2.90. The molecule has 0 radical (unpaired) electrons. The van der Waals surface area contributed by atoms with Gasteiger partial charge >= 0.3 is 5.97 Å². The topological polar surface area (TPSA) is 63.3 Å². The summed E-state index contributed by atoms with van der Waals surface area (Å²) in [6.45, 7) is 0. The van der Waals surface area contributed by atoms with Crippen LogP contribution in [0.3, 0.4) is 0 Å². The van der Waals surface area contributed by atoms with E-state index in [0.717, 1.165) is 0 Å². The van der Waals surface area contributed by atoms with Crippen molar-refractivity contribution in [1.82, 2.24) is 4.98 Å². The Hall–Kier alpha value is -1.56. The second kappa shape index (κ2) is 4.52. The molecule has 0 unspecified atom stereocenters. The predicted octanol–water partition coefficient (Wildman–Crippen LogP) is 4.56. The van der Waals surface area contributed by atoms with Gasteiger partial charge in [0.15, 0.2) is 5.58 Å². The first-order chi connectivity index (χ1) is 9.04. The van der Waals surface area contributed by atoms with Crippen LogP contribution in [0.5, 0.6) is 0 Å². The summed E-state index contributed by atoms with van der Waals surface area (Å²) in [5.41, 5.74) is 1.71. The van der Waals surface area contributed by atoms with Crippen LogP contribution in [0.2, 0.25) is 8.67 Å². The minimum Gasteiger partial charge on any atom is -0.478 e. The quantitative estimate of drug-likeness (QED) is 0.753. The van der Waals surface area contributed by atoms with Crippen LogP contribution >= 0.6 is 34.5 Å². The van der Waals surface area contributed by atoms with Gasteiger partial charge in [-0.3, -0.25) is 0 Å². The minimum absolute atomic E-state index is 0.143. The molecule has 0 saturated carbocycles. The zero-order valence-electron chi connectivity index (χ0n) is 9.18. The summed E-state index contributed by atoms with van der Waals surface area (Å²) in [5.74, 6) is -0.692. The van der Waals surface area contributed by atoms with Crippen molar-refractivity contribution in [3.05, 3.63) is 38.5 Å². The first-order valence-corrected chi connectivity index (χ1v) is 6.71. The highest BCUT2D eigenvalue weighted by Crippen LogP contribution is 2.38. The van der Waals surface area contributed by atoms with Crippen LogP contribution in [0.25, 0.3) is 22.6 Å². The summed E-state index contributed by atoms with van der Waals surface area (Å²) in [7, 11) is 0. The van der Waals surface area contributed by atoms with E-state index in [4.69, 9.17) is 32.7 Å². The SMILES string of the molecule is O=C(O)c1ccc2nc(-c3cc(Cl)sc3Cl)oc2c1. The third-order valence-electron chi connectivity index (χ3n) is 2.52. The van der Waals surface area contributed by atoms with E-state index < -0.39 is 5.97 Å². The molecule has 3 aromatic rings. The number of benzene rings is 1. The summed E-state index contributed by atoms with van der Waals surface area (Å²) in [5, 5.41) is 8.92. The molecular formula is C12H5Cl2NO3S. The summed E-state index contributed by atoms with van der Waals surface area (Å²) in [6.07, 6.45) is 0. The van der Waals surface area contributed by atoms with Gasteiger partial charge in [0.25, 0.3) is 0 Å². The molecule has 0 bridgehead atoms. The minimum atomic E-state index is -1.02. The van der Waals surface area contributed by atoms with Crippen molar-refractivity contribution < 1.29 is 14.3 Å². The number of carbonyl (C=O) groups is 1. The van der Waals surface area contributed by atoms with E-state index in [9.17, 15) is 4.79 Å². The fraction of sp³-hybridized carbons (Fsp3) is 0. The molecule has 0 saturated heterocycles. The lowest BCUT2D eigenvalue weighted by Crippen LogP contribution is -1.94.